The number of aryl methyl sites for hydroxylation is 2. The third-order valence-corrected chi connectivity index (χ3v) is 6.07. The van der Waals surface area contributed by atoms with Gasteiger partial charge in [0.25, 0.3) is 15.7 Å². The maximum atomic E-state index is 13.8. The average Bonchev–Trinajstić information content (AvgIpc) is 2.63. The molecule has 0 aliphatic rings. The Morgan fingerprint density at radius 1 is 1.07 bits per heavy atom. The summed E-state index contributed by atoms with van der Waals surface area (Å²) in [6, 6.07) is 6.94. The summed E-state index contributed by atoms with van der Waals surface area (Å²) < 4.78 is 48.2. The summed E-state index contributed by atoms with van der Waals surface area (Å²) in [4.78, 5) is 17.2. The molecule has 6 nitrogen and oxygen atoms in total. The first kappa shape index (κ1) is 21.2. The van der Waals surface area contributed by atoms with Crippen LogP contribution >= 0.6 is 11.6 Å². The molecule has 9 heteroatoms. The molecule has 0 spiro atoms. The number of benzene rings is 2. The molecule has 0 radical (unpaired) electrons. The van der Waals surface area contributed by atoms with Crippen LogP contribution in [0.15, 0.2) is 40.0 Å². The van der Waals surface area contributed by atoms with Gasteiger partial charge < -0.3 is 0 Å². The smallest absolute Gasteiger partial charge is 0.282 e. The van der Waals surface area contributed by atoms with Gasteiger partial charge in [-0.2, -0.15) is 8.42 Å². The molecule has 0 bridgehead atoms. The van der Waals surface area contributed by atoms with Crippen molar-refractivity contribution in [2.75, 3.05) is 0 Å². The lowest BCUT2D eigenvalue weighted by atomic mass is 10.0. The van der Waals surface area contributed by atoms with Crippen molar-refractivity contribution in [3.63, 3.8) is 0 Å². The second-order valence-electron chi connectivity index (χ2n) is 6.75. The van der Waals surface area contributed by atoms with Crippen LogP contribution in [0.1, 0.15) is 22.5 Å². The van der Waals surface area contributed by atoms with Crippen LogP contribution in [0, 0.1) is 33.5 Å². The van der Waals surface area contributed by atoms with Crippen molar-refractivity contribution >= 4 is 21.7 Å². The molecule has 0 aliphatic carbocycles. The van der Waals surface area contributed by atoms with Gasteiger partial charge in [-0.25, -0.2) is 9.37 Å². The largest absolute Gasteiger partial charge is 0.295 e. The summed E-state index contributed by atoms with van der Waals surface area (Å²) in [5.41, 5.74) is 1.13. The first-order valence-electron chi connectivity index (χ1n) is 8.57. The van der Waals surface area contributed by atoms with E-state index < -0.39 is 21.5 Å². The Balaban J connectivity index is 2.36. The fraction of sp³-hybridized carbons (Fsp3) is 0.200. The van der Waals surface area contributed by atoms with Crippen LogP contribution in [0.3, 0.4) is 0 Å². The first-order chi connectivity index (χ1) is 13.4. The van der Waals surface area contributed by atoms with Crippen LogP contribution < -0.4 is 5.56 Å². The van der Waals surface area contributed by atoms with Crippen LogP contribution in [0.2, 0.25) is 5.02 Å². The molecule has 0 fully saturated rings. The Kier molecular flexibility index (Phi) is 5.38. The topological polar surface area (TPSA) is 89.3 Å². The quantitative estimate of drug-likeness (QED) is 0.622. The van der Waals surface area contributed by atoms with Gasteiger partial charge in [-0.1, -0.05) is 23.2 Å². The van der Waals surface area contributed by atoms with E-state index in [1.807, 2.05) is 0 Å². The number of hydrogen-bond donors (Lipinski definition) is 1. The molecule has 1 heterocycles. The van der Waals surface area contributed by atoms with Gasteiger partial charge in [0.2, 0.25) is 0 Å². The van der Waals surface area contributed by atoms with Crippen molar-refractivity contribution in [3.05, 3.63) is 74.0 Å². The summed E-state index contributed by atoms with van der Waals surface area (Å²) in [7, 11) is -4.53. The second-order valence-corrected chi connectivity index (χ2v) is 8.52. The highest BCUT2D eigenvalue weighted by Crippen LogP contribution is 2.30. The summed E-state index contributed by atoms with van der Waals surface area (Å²) in [5.74, 6) is -0.269. The first-order valence-corrected chi connectivity index (χ1v) is 10.4. The zero-order valence-corrected chi connectivity index (χ0v) is 17.7. The molecule has 1 aromatic heterocycles. The van der Waals surface area contributed by atoms with Crippen LogP contribution in [0.4, 0.5) is 4.39 Å². The molecule has 0 atom stereocenters. The van der Waals surface area contributed by atoms with Gasteiger partial charge in [0.1, 0.15) is 16.5 Å². The number of halogens is 2. The standard InChI is InChI=1S/C20H18ClFN2O4S/c1-10-5-8-17(29(26,27)28)14(9-10)19-12(3)20(25)24(13(4)23-19)16-7-6-15(22)11(2)18(16)21/h5-9H,1-4H3,(H,26,27,28). The van der Waals surface area contributed by atoms with Crippen molar-refractivity contribution < 1.29 is 17.4 Å². The van der Waals surface area contributed by atoms with E-state index in [9.17, 15) is 22.2 Å². The Morgan fingerprint density at radius 2 is 1.72 bits per heavy atom. The molecule has 2 aromatic carbocycles. The average molecular weight is 437 g/mol. The highest BCUT2D eigenvalue weighted by atomic mass is 35.5. The Morgan fingerprint density at radius 3 is 2.34 bits per heavy atom. The zero-order chi connectivity index (χ0) is 21.7. The van der Waals surface area contributed by atoms with Crippen LogP contribution in [0.5, 0.6) is 0 Å². The molecular formula is C20H18ClFN2O4S. The van der Waals surface area contributed by atoms with Gasteiger partial charge in [-0.3, -0.25) is 13.9 Å². The predicted octanol–water partition coefficient (Wildman–Crippen LogP) is 4.17. The number of rotatable bonds is 3. The molecule has 0 aliphatic heterocycles. The fourth-order valence-corrected chi connectivity index (χ4v) is 4.04. The molecule has 0 saturated carbocycles. The van der Waals surface area contributed by atoms with E-state index in [1.54, 1.807) is 13.8 Å². The van der Waals surface area contributed by atoms with Gasteiger partial charge in [0.15, 0.2) is 0 Å². The van der Waals surface area contributed by atoms with Crippen molar-refractivity contribution in [2.24, 2.45) is 0 Å². The summed E-state index contributed by atoms with van der Waals surface area (Å²) in [6.45, 7) is 6.31. The number of nitrogens with zero attached hydrogens (tertiary/aromatic N) is 2. The molecule has 0 amide bonds. The minimum absolute atomic E-state index is 0.0818. The molecule has 0 unspecified atom stereocenters. The van der Waals surface area contributed by atoms with Crippen LogP contribution in [-0.2, 0) is 10.1 Å². The third kappa shape index (κ3) is 3.71. The minimum Gasteiger partial charge on any atom is -0.282 e. The SMILES string of the molecule is Cc1ccc(S(=O)(=O)O)c(-c2nc(C)n(-c3ccc(F)c(C)c3Cl)c(=O)c2C)c1. The van der Waals surface area contributed by atoms with Crippen molar-refractivity contribution in [1.82, 2.24) is 9.55 Å². The maximum Gasteiger partial charge on any atom is 0.295 e. The van der Waals surface area contributed by atoms with Crippen LogP contribution in [0.25, 0.3) is 16.9 Å². The summed E-state index contributed by atoms with van der Waals surface area (Å²) >= 11 is 6.25. The van der Waals surface area contributed by atoms with E-state index in [0.717, 1.165) is 5.56 Å². The van der Waals surface area contributed by atoms with E-state index >= 15 is 0 Å². The van der Waals surface area contributed by atoms with E-state index in [4.69, 9.17) is 11.6 Å². The Hall–Kier alpha value is -2.55. The van der Waals surface area contributed by atoms with Gasteiger partial charge in [-0.15, -0.1) is 0 Å². The number of hydrogen-bond acceptors (Lipinski definition) is 4. The normalized spacial score (nSPS) is 11.7. The van der Waals surface area contributed by atoms with E-state index in [2.05, 4.69) is 4.98 Å². The highest BCUT2D eigenvalue weighted by Gasteiger charge is 2.23. The maximum absolute atomic E-state index is 13.8. The lowest BCUT2D eigenvalue weighted by Gasteiger charge is -2.17. The van der Waals surface area contributed by atoms with E-state index in [1.165, 1.54) is 48.7 Å². The van der Waals surface area contributed by atoms with Crippen molar-refractivity contribution in [2.45, 2.75) is 32.6 Å². The highest BCUT2D eigenvalue weighted by molar-refractivity contribution is 7.86. The monoisotopic (exact) mass is 436 g/mol. The molecule has 29 heavy (non-hydrogen) atoms. The summed E-state index contributed by atoms with van der Waals surface area (Å²) in [5, 5.41) is 0.0818. The molecule has 1 N–H and O–H groups in total. The lowest BCUT2D eigenvalue weighted by Crippen LogP contribution is -2.26. The van der Waals surface area contributed by atoms with E-state index in [0.29, 0.717) is 0 Å². The number of aromatic nitrogens is 2. The lowest BCUT2D eigenvalue weighted by molar-refractivity contribution is 0.483. The van der Waals surface area contributed by atoms with Crippen molar-refractivity contribution in [3.8, 4) is 16.9 Å². The minimum atomic E-state index is -4.53. The summed E-state index contributed by atoms with van der Waals surface area (Å²) in [6.07, 6.45) is 0. The van der Waals surface area contributed by atoms with Crippen LogP contribution in [-0.4, -0.2) is 22.5 Å². The van der Waals surface area contributed by atoms with Gasteiger partial charge in [-0.05, 0) is 52.0 Å². The Labute approximate surface area is 172 Å². The second kappa shape index (κ2) is 7.37. The predicted molar refractivity (Wildman–Crippen MR) is 109 cm³/mol. The fourth-order valence-electron chi connectivity index (χ4n) is 3.13. The zero-order valence-electron chi connectivity index (χ0n) is 16.1. The molecule has 3 aromatic rings. The van der Waals surface area contributed by atoms with E-state index in [-0.39, 0.29) is 43.8 Å². The van der Waals surface area contributed by atoms with Gasteiger partial charge in [0, 0.05) is 16.7 Å². The molecule has 152 valence electrons. The molecular weight excluding hydrogens is 419 g/mol. The van der Waals surface area contributed by atoms with Gasteiger partial charge >= 0.3 is 0 Å². The molecule has 0 saturated heterocycles. The van der Waals surface area contributed by atoms with Gasteiger partial charge in [0.05, 0.1) is 16.4 Å². The molecule has 3 rings (SSSR count). The third-order valence-electron chi connectivity index (χ3n) is 4.69. The Bertz CT molecular complexity index is 1320. The van der Waals surface area contributed by atoms with Crippen molar-refractivity contribution in [1.29, 1.82) is 0 Å².